The van der Waals surface area contributed by atoms with E-state index in [2.05, 4.69) is 5.32 Å². The molecular formula is C14H19ClFNO2. The summed E-state index contributed by atoms with van der Waals surface area (Å²) in [7, 11) is 0. The summed E-state index contributed by atoms with van der Waals surface area (Å²) in [5.74, 6) is -1.03. The molecule has 0 aliphatic carbocycles. The van der Waals surface area contributed by atoms with Gasteiger partial charge in [-0.1, -0.05) is 20.8 Å². The molecule has 19 heavy (non-hydrogen) atoms. The molecule has 0 fully saturated rings. The number of benzene rings is 1. The zero-order valence-corrected chi connectivity index (χ0v) is 12.1. The number of hydrogen-bond acceptors (Lipinski definition) is 2. The molecule has 0 saturated heterocycles. The molecule has 1 rings (SSSR count). The van der Waals surface area contributed by atoms with Gasteiger partial charge in [-0.05, 0) is 24.0 Å². The number of carbonyl (C=O) groups excluding carboxylic acids is 1. The predicted molar refractivity (Wildman–Crippen MR) is 74.1 cm³/mol. The van der Waals surface area contributed by atoms with Crippen molar-refractivity contribution < 1.29 is 14.3 Å². The number of rotatable bonds is 4. The Hall–Kier alpha value is -1.29. The van der Waals surface area contributed by atoms with Crippen molar-refractivity contribution in [1.29, 1.82) is 0 Å². The Labute approximate surface area is 117 Å². The van der Waals surface area contributed by atoms with Crippen LogP contribution in [0.25, 0.3) is 0 Å². The summed E-state index contributed by atoms with van der Waals surface area (Å²) in [4.78, 5) is 12.0. The van der Waals surface area contributed by atoms with Crippen LogP contribution in [0.5, 0.6) is 5.75 Å². The van der Waals surface area contributed by atoms with E-state index < -0.39 is 11.7 Å². The molecule has 0 aliphatic heterocycles. The summed E-state index contributed by atoms with van der Waals surface area (Å²) in [5.41, 5.74) is -0.251. The topological polar surface area (TPSA) is 49.3 Å². The zero-order chi connectivity index (χ0) is 14.6. The summed E-state index contributed by atoms with van der Waals surface area (Å²) < 4.78 is 13.6. The van der Waals surface area contributed by atoms with Crippen molar-refractivity contribution in [3.8, 4) is 5.75 Å². The Morgan fingerprint density at radius 1 is 1.47 bits per heavy atom. The van der Waals surface area contributed by atoms with Gasteiger partial charge in [0.1, 0.15) is 11.6 Å². The van der Waals surface area contributed by atoms with Gasteiger partial charge in [-0.3, -0.25) is 4.79 Å². The molecule has 1 amide bonds. The normalized spacial score (nSPS) is 13.1. The predicted octanol–water partition coefficient (Wildman–Crippen LogP) is 3.30. The van der Waals surface area contributed by atoms with Gasteiger partial charge in [0.25, 0.3) is 5.91 Å². The summed E-state index contributed by atoms with van der Waals surface area (Å²) >= 11 is 5.73. The van der Waals surface area contributed by atoms with E-state index in [0.717, 1.165) is 6.07 Å². The second kappa shape index (κ2) is 6.24. The highest BCUT2D eigenvalue weighted by Crippen LogP contribution is 2.23. The van der Waals surface area contributed by atoms with E-state index in [0.29, 0.717) is 12.3 Å². The largest absolute Gasteiger partial charge is 0.508 e. The molecule has 0 aromatic heterocycles. The molecule has 1 aromatic rings. The average molecular weight is 288 g/mol. The third-order valence-electron chi connectivity index (χ3n) is 2.95. The fourth-order valence-electron chi connectivity index (χ4n) is 1.75. The SMILES string of the molecule is CC(C)(C)C(CCCl)NC(=O)c1ccc(O)cc1F. The van der Waals surface area contributed by atoms with Crippen LogP contribution in [-0.2, 0) is 0 Å². The smallest absolute Gasteiger partial charge is 0.254 e. The van der Waals surface area contributed by atoms with Gasteiger partial charge in [0.15, 0.2) is 0 Å². The lowest BCUT2D eigenvalue weighted by atomic mass is 9.85. The number of aromatic hydroxyl groups is 1. The van der Waals surface area contributed by atoms with E-state index in [1.54, 1.807) is 0 Å². The first-order chi connectivity index (χ1) is 8.75. The number of halogens is 2. The van der Waals surface area contributed by atoms with Gasteiger partial charge in [0, 0.05) is 18.0 Å². The molecule has 0 heterocycles. The van der Waals surface area contributed by atoms with Crippen LogP contribution in [0.15, 0.2) is 18.2 Å². The maximum Gasteiger partial charge on any atom is 0.254 e. The van der Waals surface area contributed by atoms with Crippen molar-refractivity contribution in [2.75, 3.05) is 5.88 Å². The van der Waals surface area contributed by atoms with Gasteiger partial charge in [0.2, 0.25) is 0 Å². The van der Waals surface area contributed by atoms with Crippen LogP contribution in [0.2, 0.25) is 0 Å². The minimum Gasteiger partial charge on any atom is -0.508 e. The van der Waals surface area contributed by atoms with Crippen LogP contribution in [-0.4, -0.2) is 22.9 Å². The van der Waals surface area contributed by atoms with Crippen molar-refractivity contribution in [2.24, 2.45) is 5.41 Å². The molecule has 106 valence electrons. The second-order valence-electron chi connectivity index (χ2n) is 5.53. The highest BCUT2D eigenvalue weighted by molar-refractivity contribution is 6.17. The molecule has 5 heteroatoms. The summed E-state index contributed by atoms with van der Waals surface area (Å²) in [6, 6.07) is 3.32. The van der Waals surface area contributed by atoms with Crippen LogP contribution in [0, 0.1) is 11.2 Å². The van der Waals surface area contributed by atoms with E-state index in [4.69, 9.17) is 16.7 Å². The van der Waals surface area contributed by atoms with Crippen LogP contribution >= 0.6 is 11.6 Å². The fraction of sp³-hybridized carbons (Fsp3) is 0.500. The van der Waals surface area contributed by atoms with Crippen LogP contribution in [0.3, 0.4) is 0 Å². The van der Waals surface area contributed by atoms with Crippen molar-refractivity contribution in [3.05, 3.63) is 29.6 Å². The number of phenolic OH excluding ortho intramolecular Hbond substituents is 1. The number of hydrogen-bond donors (Lipinski definition) is 2. The number of carbonyl (C=O) groups is 1. The Balaban J connectivity index is 2.88. The van der Waals surface area contributed by atoms with E-state index in [9.17, 15) is 9.18 Å². The average Bonchev–Trinajstić information content (AvgIpc) is 2.26. The first kappa shape index (κ1) is 15.8. The van der Waals surface area contributed by atoms with Gasteiger partial charge in [-0.2, -0.15) is 0 Å². The van der Waals surface area contributed by atoms with Gasteiger partial charge in [-0.15, -0.1) is 11.6 Å². The third kappa shape index (κ3) is 4.39. The zero-order valence-electron chi connectivity index (χ0n) is 11.3. The summed E-state index contributed by atoms with van der Waals surface area (Å²) in [5, 5.41) is 11.9. The van der Waals surface area contributed by atoms with Crippen molar-refractivity contribution in [3.63, 3.8) is 0 Å². The van der Waals surface area contributed by atoms with Crippen LogP contribution in [0.1, 0.15) is 37.6 Å². The number of amides is 1. The van der Waals surface area contributed by atoms with E-state index in [1.165, 1.54) is 12.1 Å². The molecule has 1 unspecified atom stereocenters. The standard InChI is InChI=1S/C14H19ClFNO2/c1-14(2,3)12(6-7-15)17-13(19)10-5-4-9(18)8-11(10)16/h4-5,8,12,18H,6-7H2,1-3H3,(H,17,19). The lowest BCUT2D eigenvalue weighted by molar-refractivity contribution is 0.0896. The Morgan fingerprint density at radius 2 is 2.11 bits per heavy atom. The maximum atomic E-state index is 13.6. The molecule has 3 nitrogen and oxygen atoms in total. The first-order valence-electron chi connectivity index (χ1n) is 6.11. The van der Waals surface area contributed by atoms with Gasteiger partial charge in [0.05, 0.1) is 5.56 Å². The monoisotopic (exact) mass is 287 g/mol. The highest BCUT2D eigenvalue weighted by atomic mass is 35.5. The molecule has 0 spiro atoms. The number of phenols is 1. The number of nitrogens with one attached hydrogen (secondary N) is 1. The maximum absolute atomic E-state index is 13.6. The Bertz CT molecular complexity index is 457. The van der Waals surface area contributed by atoms with E-state index in [-0.39, 0.29) is 22.8 Å². The molecule has 0 aliphatic rings. The minimum absolute atomic E-state index is 0.0818. The minimum atomic E-state index is -0.740. The number of alkyl halides is 1. The van der Waals surface area contributed by atoms with E-state index >= 15 is 0 Å². The van der Waals surface area contributed by atoms with E-state index in [1.807, 2.05) is 20.8 Å². The quantitative estimate of drug-likeness (QED) is 0.835. The van der Waals surface area contributed by atoms with Gasteiger partial charge in [-0.25, -0.2) is 4.39 Å². The molecule has 0 saturated carbocycles. The molecule has 2 N–H and O–H groups in total. The van der Waals surface area contributed by atoms with Crippen LogP contribution in [0.4, 0.5) is 4.39 Å². The van der Waals surface area contributed by atoms with Crippen molar-refractivity contribution in [1.82, 2.24) is 5.32 Å². The van der Waals surface area contributed by atoms with Gasteiger partial charge < -0.3 is 10.4 Å². The summed E-state index contributed by atoms with van der Waals surface area (Å²) in [6.07, 6.45) is 0.608. The molecule has 1 aromatic carbocycles. The second-order valence-corrected chi connectivity index (χ2v) is 5.91. The van der Waals surface area contributed by atoms with Crippen LogP contribution < -0.4 is 5.32 Å². The molecule has 0 radical (unpaired) electrons. The van der Waals surface area contributed by atoms with Crippen molar-refractivity contribution >= 4 is 17.5 Å². The third-order valence-corrected chi connectivity index (χ3v) is 3.16. The van der Waals surface area contributed by atoms with Crippen molar-refractivity contribution in [2.45, 2.75) is 33.2 Å². The first-order valence-corrected chi connectivity index (χ1v) is 6.64. The Morgan fingerprint density at radius 3 is 2.58 bits per heavy atom. The molecular weight excluding hydrogens is 269 g/mol. The molecule has 0 bridgehead atoms. The Kier molecular flexibility index (Phi) is 5.18. The summed E-state index contributed by atoms with van der Waals surface area (Å²) in [6.45, 7) is 5.95. The lowest BCUT2D eigenvalue weighted by Gasteiger charge is -2.31. The fourth-order valence-corrected chi connectivity index (χ4v) is 1.97. The van der Waals surface area contributed by atoms with Gasteiger partial charge >= 0.3 is 0 Å². The molecule has 1 atom stereocenters. The lowest BCUT2D eigenvalue weighted by Crippen LogP contribution is -2.44. The highest BCUT2D eigenvalue weighted by Gasteiger charge is 2.26.